The molecule has 0 saturated carbocycles. The Kier molecular flexibility index (Phi) is 3.06. The van der Waals surface area contributed by atoms with Crippen LogP contribution in [0.25, 0.3) is 10.9 Å². The molecule has 0 spiro atoms. The molecule has 2 N–H and O–H groups in total. The molecule has 5 heteroatoms. The first kappa shape index (κ1) is 12.2. The van der Waals surface area contributed by atoms with Gasteiger partial charge in [-0.1, -0.05) is 0 Å². The molecule has 0 amide bonds. The molecule has 1 heterocycles. The first-order chi connectivity index (χ1) is 8.47. The lowest BCUT2D eigenvalue weighted by Gasteiger charge is -2.10. The third-order valence-corrected chi connectivity index (χ3v) is 2.40. The van der Waals surface area contributed by atoms with E-state index in [1.807, 2.05) is 13.8 Å². The molecule has 0 aliphatic carbocycles. The van der Waals surface area contributed by atoms with E-state index in [4.69, 9.17) is 9.84 Å². The molecule has 2 rings (SSSR count). The average Bonchev–Trinajstić information content (AvgIpc) is 2.27. The van der Waals surface area contributed by atoms with Gasteiger partial charge in [-0.25, -0.2) is 4.79 Å². The summed E-state index contributed by atoms with van der Waals surface area (Å²) >= 11 is 0. The number of rotatable bonds is 3. The van der Waals surface area contributed by atoms with Gasteiger partial charge in [0, 0.05) is 17.5 Å². The lowest BCUT2D eigenvalue weighted by atomic mass is 10.2. The zero-order chi connectivity index (χ0) is 13.3. The van der Waals surface area contributed by atoms with Crippen LogP contribution in [0.1, 0.15) is 24.3 Å². The van der Waals surface area contributed by atoms with Crippen LogP contribution in [0.4, 0.5) is 0 Å². The average molecular weight is 247 g/mol. The Bertz CT molecular complexity index is 658. The van der Waals surface area contributed by atoms with Gasteiger partial charge in [0.1, 0.15) is 11.4 Å². The number of fused-ring (bicyclic) bond motifs is 1. The molecule has 0 atom stereocenters. The fraction of sp³-hybridized carbons (Fsp3) is 0.231. The predicted molar refractivity (Wildman–Crippen MR) is 67.3 cm³/mol. The number of nitrogens with one attached hydrogen (secondary N) is 1. The molecule has 0 aliphatic heterocycles. The highest BCUT2D eigenvalue weighted by molar-refractivity contribution is 5.90. The van der Waals surface area contributed by atoms with Gasteiger partial charge in [0.2, 0.25) is 0 Å². The minimum Gasteiger partial charge on any atom is -0.491 e. The van der Waals surface area contributed by atoms with Gasteiger partial charge in [0.05, 0.1) is 11.6 Å². The fourth-order valence-electron chi connectivity index (χ4n) is 1.69. The smallest absolute Gasteiger partial charge is 0.352 e. The Morgan fingerprint density at radius 2 is 2.06 bits per heavy atom. The van der Waals surface area contributed by atoms with Gasteiger partial charge >= 0.3 is 5.97 Å². The molecule has 0 aliphatic rings. The van der Waals surface area contributed by atoms with E-state index in [2.05, 4.69) is 4.98 Å². The number of H-pyrrole nitrogens is 1. The van der Waals surface area contributed by atoms with E-state index >= 15 is 0 Å². The van der Waals surface area contributed by atoms with Crippen molar-refractivity contribution >= 4 is 16.9 Å². The number of aromatic nitrogens is 1. The molecule has 0 bridgehead atoms. The number of hydrogen-bond donors (Lipinski definition) is 2. The lowest BCUT2D eigenvalue weighted by Crippen LogP contribution is -2.10. The normalized spacial score (nSPS) is 10.8. The number of carboxylic acids is 1. The summed E-state index contributed by atoms with van der Waals surface area (Å²) in [6.45, 7) is 3.78. The van der Waals surface area contributed by atoms with E-state index < -0.39 is 5.97 Å². The predicted octanol–water partition coefficient (Wildman–Crippen LogP) is 2.01. The molecule has 18 heavy (non-hydrogen) atoms. The maximum absolute atomic E-state index is 11.7. The molecule has 2 aromatic rings. The van der Waals surface area contributed by atoms with Crippen LogP contribution in [0.15, 0.2) is 29.1 Å². The third kappa shape index (κ3) is 2.34. The van der Waals surface area contributed by atoms with Crippen molar-refractivity contribution in [2.24, 2.45) is 0 Å². The topological polar surface area (TPSA) is 79.4 Å². The fourth-order valence-corrected chi connectivity index (χ4v) is 1.69. The minimum atomic E-state index is -1.16. The van der Waals surface area contributed by atoms with Crippen LogP contribution in [-0.2, 0) is 0 Å². The number of pyridine rings is 1. The van der Waals surface area contributed by atoms with Crippen LogP contribution >= 0.6 is 0 Å². The van der Waals surface area contributed by atoms with Gasteiger partial charge in [0.25, 0.3) is 0 Å². The molecule has 0 fully saturated rings. The minimum absolute atomic E-state index is 0.0110. The molecule has 1 aromatic carbocycles. The number of carbonyl (C=O) groups is 1. The highest BCUT2D eigenvalue weighted by atomic mass is 16.5. The van der Waals surface area contributed by atoms with E-state index in [1.54, 1.807) is 18.2 Å². The monoisotopic (exact) mass is 247 g/mol. The molecule has 0 unspecified atom stereocenters. The van der Waals surface area contributed by atoms with Crippen LogP contribution in [0.2, 0.25) is 0 Å². The van der Waals surface area contributed by atoms with E-state index in [1.165, 1.54) is 0 Å². The summed E-state index contributed by atoms with van der Waals surface area (Å²) in [6, 6.07) is 6.02. The Labute approximate surface area is 103 Å². The molecule has 5 nitrogen and oxygen atoms in total. The van der Waals surface area contributed by atoms with Crippen molar-refractivity contribution in [3.05, 3.63) is 40.2 Å². The molecular formula is C13H13NO4. The van der Waals surface area contributed by atoms with Crippen LogP contribution in [0.5, 0.6) is 5.75 Å². The second-order valence-corrected chi connectivity index (χ2v) is 4.23. The highest BCUT2D eigenvalue weighted by Gasteiger charge is 2.08. The molecule has 1 aromatic heterocycles. The third-order valence-electron chi connectivity index (χ3n) is 2.40. The molecule has 0 radical (unpaired) electrons. The van der Waals surface area contributed by atoms with Crippen molar-refractivity contribution in [2.75, 3.05) is 0 Å². The first-order valence-electron chi connectivity index (χ1n) is 5.54. The van der Waals surface area contributed by atoms with Crippen molar-refractivity contribution in [3.8, 4) is 5.75 Å². The van der Waals surface area contributed by atoms with Crippen molar-refractivity contribution in [2.45, 2.75) is 20.0 Å². The summed E-state index contributed by atoms with van der Waals surface area (Å²) in [5.74, 6) is -0.570. The molecule has 94 valence electrons. The summed E-state index contributed by atoms with van der Waals surface area (Å²) < 4.78 is 5.49. The number of carboxylic acid groups (broad SMARTS) is 1. The lowest BCUT2D eigenvalue weighted by molar-refractivity contribution is 0.0691. The van der Waals surface area contributed by atoms with Gasteiger partial charge in [-0.2, -0.15) is 0 Å². The Morgan fingerprint density at radius 1 is 1.33 bits per heavy atom. The van der Waals surface area contributed by atoms with E-state index in [0.29, 0.717) is 16.7 Å². The second-order valence-electron chi connectivity index (χ2n) is 4.23. The van der Waals surface area contributed by atoms with Gasteiger partial charge < -0.3 is 14.8 Å². The molecule has 0 saturated heterocycles. The summed E-state index contributed by atoms with van der Waals surface area (Å²) in [5, 5.41) is 9.32. The zero-order valence-electron chi connectivity index (χ0n) is 10.1. The highest BCUT2D eigenvalue weighted by Crippen LogP contribution is 2.18. The van der Waals surface area contributed by atoms with Crippen LogP contribution in [0.3, 0.4) is 0 Å². The SMILES string of the molecule is CC(C)Oc1ccc2c(=O)cc(C(=O)O)[nH]c2c1. The van der Waals surface area contributed by atoms with Gasteiger partial charge in [-0.3, -0.25) is 4.79 Å². The van der Waals surface area contributed by atoms with Crippen molar-refractivity contribution in [3.63, 3.8) is 0 Å². The number of hydrogen-bond acceptors (Lipinski definition) is 3. The van der Waals surface area contributed by atoms with Crippen molar-refractivity contribution in [1.29, 1.82) is 0 Å². The van der Waals surface area contributed by atoms with Gasteiger partial charge in [-0.05, 0) is 26.0 Å². The van der Waals surface area contributed by atoms with E-state index in [-0.39, 0.29) is 17.2 Å². The summed E-state index contributed by atoms with van der Waals surface area (Å²) in [7, 11) is 0. The van der Waals surface area contributed by atoms with Crippen LogP contribution in [0, 0.1) is 0 Å². The van der Waals surface area contributed by atoms with E-state index in [9.17, 15) is 9.59 Å². The van der Waals surface area contributed by atoms with Crippen molar-refractivity contribution in [1.82, 2.24) is 4.98 Å². The Balaban J connectivity index is 2.60. The maximum Gasteiger partial charge on any atom is 0.352 e. The first-order valence-corrected chi connectivity index (χ1v) is 5.54. The zero-order valence-corrected chi connectivity index (χ0v) is 10.1. The Morgan fingerprint density at radius 3 is 2.67 bits per heavy atom. The number of aromatic amines is 1. The summed E-state index contributed by atoms with van der Waals surface area (Å²) in [4.78, 5) is 25.3. The largest absolute Gasteiger partial charge is 0.491 e. The number of benzene rings is 1. The molecular weight excluding hydrogens is 234 g/mol. The Hall–Kier alpha value is -2.30. The second kappa shape index (κ2) is 4.52. The van der Waals surface area contributed by atoms with Crippen molar-refractivity contribution < 1.29 is 14.6 Å². The summed E-state index contributed by atoms with van der Waals surface area (Å²) in [6.07, 6.45) is 0.0110. The van der Waals surface area contributed by atoms with Crippen LogP contribution in [-0.4, -0.2) is 22.2 Å². The number of aromatic carboxylic acids is 1. The van der Waals surface area contributed by atoms with Gasteiger partial charge in [-0.15, -0.1) is 0 Å². The van der Waals surface area contributed by atoms with E-state index in [0.717, 1.165) is 6.07 Å². The maximum atomic E-state index is 11.7. The number of ether oxygens (including phenoxy) is 1. The van der Waals surface area contributed by atoms with Gasteiger partial charge in [0.15, 0.2) is 5.43 Å². The summed E-state index contributed by atoms with van der Waals surface area (Å²) in [5.41, 5.74) is 0.00416. The standard InChI is InChI=1S/C13H13NO4/c1-7(2)18-8-3-4-9-10(5-8)14-11(13(16)17)6-12(9)15/h3-7H,1-2H3,(H,14,15)(H,16,17). The van der Waals surface area contributed by atoms with Crippen LogP contribution < -0.4 is 10.2 Å². The quantitative estimate of drug-likeness (QED) is 0.869.